The van der Waals surface area contributed by atoms with Gasteiger partial charge in [0.2, 0.25) is 0 Å². The summed E-state index contributed by atoms with van der Waals surface area (Å²) in [4.78, 5) is 12.6. The van der Waals surface area contributed by atoms with E-state index in [-0.39, 0.29) is 22.6 Å². The highest BCUT2D eigenvalue weighted by molar-refractivity contribution is 5.94. The van der Waals surface area contributed by atoms with Crippen molar-refractivity contribution in [2.24, 2.45) is 5.41 Å². The number of halogens is 3. The number of rotatable bonds is 6. The van der Waals surface area contributed by atoms with Crippen molar-refractivity contribution in [2.45, 2.75) is 19.0 Å². The van der Waals surface area contributed by atoms with Crippen LogP contribution in [-0.4, -0.2) is 49.0 Å². The van der Waals surface area contributed by atoms with Crippen molar-refractivity contribution >= 4 is 5.91 Å². The largest absolute Gasteiger partial charge is 0.433 e. The molecule has 1 fully saturated rings. The molecule has 3 rings (SSSR count). The molecule has 28 heavy (non-hydrogen) atoms. The molecule has 152 valence electrons. The predicted molar refractivity (Wildman–Crippen MR) is 97.3 cm³/mol. The summed E-state index contributed by atoms with van der Waals surface area (Å²) >= 11 is 0. The number of nitrogens with zero attached hydrogens (tertiary/aromatic N) is 2. The molecule has 0 saturated carbocycles. The molecule has 2 N–H and O–H groups in total. The summed E-state index contributed by atoms with van der Waals surface area (Å²) in [5.41, 5.74) is -0.571. The van der Waals surface area contributed by atoms with Gasteiger partial charge < -0.3 is 15.4 Å². The van der Waals surface area contributed by atoms with E-state index in [9.17, 15) is 18.0 Å². The van der Waals surface area contributed by atoms with Crippen molar-refractivity contribution in [3.8, 4) is 5.69 Å². The van der Waals surface area contributed by atoms with E-state index < -0.39 is 11.9 Å². The van der Waals surface area contributed by atoms with Crippen molar-refractivity contribution in [3.05, 3.63) is 47.8 Å². The number of alkyl halides is 3. The van der Waals surface area contributed by atoms with E-state index in [2.05, 4.69) is 15.7 Å². The molecule has 0 atom stereocenters. The Hall–Kier alpha value is -2.39. The Balaban J connectivity index is 1.75. The molecule has 1 aromatic carbocycles. The van der Waals surface area contributed by atoms with Gasteiger partial charge in [-0.05, 0) is 50.2 Å². The Morgan fingerprint density at radius 2 is 2.07 bits per heavy atom. The molecule has 1 aliphatic heterocycles. The second-order valence-corrected chi connectivity index (χ2v) is 7.04. The molecule has 1 aliphatic rings. The first-order valence-corrected chi connectivity index (χ1v) is 9.04. The molecule has 0 radical (unpaired) electrons. The highest BCUT2D eigenvalue weighted by atomic mass is 19.4. The fraction of sp³-hybridized carbons (Fsp3) is 0.474. The number of carbonyl (C=O) groups is 1. The lowest BCUT2D eigenvalue weighted by molar-refractivity contribution is -0.142. The van der Waals surface area contributed by atoms with Crippen LogP contribution in [-0.2, 0) is 10.9 Å². The van der Waals surface area contributed by atoms with Crippen molar-refractivity contribution < 1.29 is 22.7 Å². The molecule has 0 spiro atoms. The molecular formula is C19H23F3N4O2. The zero-order chi connectivity index (χ0) is 20.2. The van der Waals surface area contributed by atoms with Crippen molar-refractivity contribution in [1.82, 2.24) is 20.4 Å². The number of hydrogen-bond acceptors (Lipinski definition) is 4. The van der Waals surface area contributed by atoms with Gasteiger partial charge in [-0.1, -0.05) is 6.07 Å². The SMILES string of the molecule is COCC1(CNC(=O)c2cccc(-n3nccc3C(F)(F)F)c2)CCNCC1. The number of carbonyl (C=O) groups excluding carboxylic acids is 1. The lowest BCUT2D eigenvalue weighted by Crippen LogP contribution is -2.47. The van der Waals surface area contributed by atoms with Gasteiger partial charge in [0.05, 0.1) is 18.5 Å². The number of benzene rings is 1. The van der Waals surface area contributed by atoms with Gasteiger partial charge in [-0.15, -0.1) is 0 Å². The standard InChI is InChI=1S/C19H23F3N4O2/c1-28-13-18(6-9-23-10-7-18)12-24-17(27)14-3-2-4-15(11-14)26-16(5-8-25-26)19(20,21)22/h2-5,8,11,23H,6-7,9-10,12-13H2,1H3,(H,24,27). The van der Waals surface area contributed by atoms with Crippen LogP contribution in [0, 0.1) is 5.41 Å². The third kappa shape index (κ3) is 4.53. The van der Waals surface area contributed by atoms with Gasteiger partial charge in [0.15, 0.2) is 0 Å². The highest BCUT2D eigenvalue weighted by Gasteiger charge is 2.35. The molecule has 0 bridgehead atoms. The fourth-order valence-electron chi connectivity index (χ4n) is 3.51. The van der Waals surface area contributed by atoms with E-state index >= 15 is 0 Å². The van der Waals surface area contributed by atoms with Gasteiger partial charge >= 0.3 is 6.18 Å². The number of aromatic nitrogens is 2. The van der Waals surface area contributed by atoms with Crippen LogP contribution in [0.5, 0.6) is 0 Å². The number of amides is 1. The first-order valence-electron chi connectivity index (χ1n) is 9.04. The van der Waals surface area contributed by atoms with Crippen LogP contribution < -0.4 is 10.6 Å². The van der Waals surface area contributed by atoms with E-state index in [0.717, 1.165) is 42.9 Å². The summed E-state index contributed by atoms with van der Waals surface area (Å²) in [5, 5.41) is 9.95. The van der Waals surface area contributed by atoms with Crippen LogP contribution in [0.1, 0.15) is 28.9 Å². The van der Waals surface area contributed by atoms with E-state index in [1.165, 1.54) is 12.1 Å². The number of ether oxygens (including phenoxy) is 1. The maximum atomic E-state index is 13.1. The summed E-state index contributed by atoms with van der Waals surface area (Å²) in [6.07, 6.45) is -1.69. The van der Waals surface area contributed by atoms with Crippen molar-refractivity contribution in [1.29, 1.82) is 0 Å². The Kier molecular flexibility index (Phi) is 6.04. The van der Waals surface area contributed by atoms with Crippen LogP contribution in [0.3, 0.4) is 0 Å². The Bertz CT molecular complexity index is 808. The third-order valence-electron chi connectivity index (χ3n) is 5.02. The third-order valence-corrected chi connectivity index (χ3v) is 5.02. The van der Waals surface area contributed by atoms with Gasteiger partial charge in [-0.3, -0.25) is 4.79 Å². The van der Waals surface area contributed by atoms with E-state index in [4.69, 9.17) is 4.74 Å². The fourth-order valence-corrected chi connectivity index (χ4v) is 3.51. The minimum Gasteiger partial charge on any atom is -0.384 e. The second kappa shape index (κ2) is 8.32. The average molecular weight is 396 g/mol. The predicted octanol–water partition coefficient (Wildman–Crippen LogP) is 2.64. The Morgan fingerprint density at radius 1 is 1.32 bits per heavy atom. The molecule has 2 heterocycles. The minimum absolute atomic E-state index is 0.140. The van der Waals surface area contributed by atoms with E-state index in [1.54, 1.807) is 19.2 Å². The summed E-state index contributed by atoms with van der Waals surface area (Å²) in [6.45, 7) is 2.70. The Labute approximate surface area is 161 Å². The minimum atomic E-state index is -4.53. The zero-order valence-electron chi connectivity index (χ0n) is 15.6. The summed E-state index contributed by atoms with van der Waals surface area (Å²) in [7, 11) is 1.64. The van der Waals surface area contributed by atoms with Crippen LogP contribution >= 0.6 is 0 Å². The number of hydrogen-bond donors (Lipinski definition) is 2. The molecular weight excluding hydrogens is 373 g/mol. The number of nitrogens with one attached hydrogen (secondary N) is 2. The van der Waals surface area contributed by atoms with Crippen LogP contribution in [0.15, 0.2) is 36.5 Å². The number of piperidine rings is 1. The van der Waals surface area contributed by atoms with Gasteiger partial charge in [-0.25, -0.2) is 4.68 Å². The molecule has 0 aliphatic carbocycles. The topological polar surface area (TPSA) is 68.2 Å². The van der Waals surface area contributed by atoms with Gasteiger partial charge in [-0.2, -0.15) is 18.3 Å². The van der Waals surface area contributed by atoms with Crippen molar-refractivity contribution in [3.63, 3.8) is 0 Å². The molecule has 1 saturated heterocycles. The molecule has 1 aromatic heterocycles. The average Bonchev–Trinajstić information content (AvgIpc) is 3.18. The first-order chi connectivity index (χ1) is 13.3. The maximum Gasteiger partial charge on any atom is 0.433 e. The van der Waals surface area contributed by atoms with Crippen LogP contribution in [0.4, 0.5) is 13.2 Å². The lowest BCUT2D eigenvalue weighted by atomic mass is 9.79. The monoisotopic (exact) mass is 396 g/mol. The molecule has 1 amide bonds. The molecule has 9 heteroatoms. The molecule has 2 aromatic rings. The summed E-state index contributed by atoms with van der Waals surface area (Å²) < 4.78 is 45.5. The summed E-state index contributed by atoms with van der Waals surface area (Å²) in [6, 6.07) is 6.90. The normalized spacial score (nSPS) is 16.7. The second-order valence-electron chi connectivity index (χ2n) is 7.04. The quantitative estimate of drug-likeness (QED) is 0.788. The highest BCUT2D eigenvalue weighted by Crippen LogP contribution is 2.31. The van der Waals surface area contributed by atoms with Gasteiger partial charge in [0, 0.05) is 24.6 Å². The van der Waals surface area contributed by atoms with Crippen LogP contribution in [0.25, 0.3) is 5.69 Å². The first kappa shape index (κ1) is 20.3. The Morgan fingerprint density at radius 3 is 2.75 bits per heavy atom. The zero-order valence-corrected chi connectivity index (χ0v) is 15.6. The molecule has 6 nitrogen and oxygen atoms in total. The van der Waals surface area contributed by atoms with Crippen molar-refractivity contribution in [2.75, 3.05) is 33.4 Å². The van der Waals surface area contributed by atoms with Crippen LogP contribution in [0.2, 0.25) is 0 Å². The van der Waals surface area contributed by atoms with Gasteiger partial charge in [0.25, 0.3) is 5.91 Å². The smallest absolute Gasteiger partial charge is 0.384 e. The summed E-state index contributed by atoms with van der Waals surface area (Å²) in [5.74, 6) is -0.337. The maximum absolute atomic E-state index is 13.1. The molecule has 0 unspecified atom stereocenters. The van der Waals surface area contributed by atoms with Gasteiger partial charge in [0.1, 0.15) is 5.69 Å². The number of methoxy groups -OCH3 is 1. The van der Waals surface area contributed by atoms with E-state index in [0.29, 0.717) is 13.2 Å². The van der Waals surface area contributed by atoms with E-state index in [1.807, 2.05) is 0 Å². The lowest BCUT2D eigenvalue weighted by Gasteiger charge is -2.37.